The van der Waals surface area contributed by atoms with Crippen molar-refractivity contribution in [2.75, 3.05) is 0 Å². The van der Waals surface area contributed by atoms with E-state index in [1.54, 1.807) is 0 Å². The molecule has 3 aromatic carbocycles. The molecule has 0 radical (unpaired) electrons. The zero-order chi connectivity index (χ0) is 21.0. The summed E-state index contributed by atoms with van der Waals surface area (Å²) < 4.78 is 1.03. The van der Waals surface area contributed by atoms with Crippen LogP contribution in [0.25, 0.3) is 45.2 Å². The summed E-state index contributed by atoms with van der Waals surface area (Å²) in [6.07, 6.45) is 1.84. The minimum atomic E-state index is 0.661. The van der Waals surface area contributed by atoms with Crippen molar-refractivity contribution >= 4 is 15.9 Å². The fourth-order valence-electron chi connectivity index (χ4n) is 3.43. The average Bonchev–Trinajstić information content (AvgIpc) is 2.85. The van der Waals surface area contributed by atoms with Gasteiger partial charge in [-0.1, -0.05) is 88.7 Å². The number of hydrogen-bond acceptors (Lipinski definition) is 3. The van der Waals surface area contributed by atoms with E-state index in [9.17, 15) is 0 Å². The van der Waals surface area contributed by atoms with Crippen molar-refractivity contribution in [2.24, 2.45) is 0 Å². The molecule has 31 heavy (non-hydrogen) atoms. The molecule has 0 aliphatic carbocycles. The topological polar surface area (TPSA) is 38.7 Å². The number of hydrogen-bond donors (Lipinski definition) is 0. The van der Waals surface area contributed by atoms with E-state index >= 15 is 0 Å². The molecule has 0 spiro atoms. The van der Waals surface area contributed by atoms with Crippen LogP contribution in [0.5, 0.6) is 0 Å². The lowest BCUT2D eigenvalue weighted by Gasteiger charge is -2.09. The third kappa shape index (κ3) is 4.30. The second kappa shape index (κ2) is 8.62. The van der Waals surface area contributed by atoms with E-state index in [0.29, 0.717) is 5.82 Å². The Bertz CT molecular complexity index is 1260. The van der Waals surface area contributed by atoms with Crippen LogP contribution in [-0.2, 0) is 0 Å². The van der Waals surface area contributed by atoms with Crippen molar-refractivity contribution in [3.05, 3.63) is 114 Å². The molecular weight excluding hydrogens is 446 g/mol. The zero-order valence-corrected chi connectivity index (χ0v) is 18.2. The Morgan fingerprint density at radius 3 is 1.65 bits per heavy atom. The highest BCUT2D eigenvalue weighted by molar-refractivity contribution is 9.10. The molecule has 0 atom stereocenters. The molecule has 148 valence electrons. The molecule has 4 heteroatoms. The molecule has 2 heterocycles. The maximum Gasteiger partial charge on any atom is 0.161 e. The second-order valence-corrected chi connectivity index (χ2v) is 8.05. The molecule has 3 nitrogen and oxygen atoms in total. The standard InChI is InChI=1S/C27H18BrN3/c28-23-13-7-12-21(16-23)24-15-14-22(18-29-24)27-30-25(19-8-3-1-4-9-19)17-26(31-27)20-10-5-2-6-11-20/h1-18H. The van der Waals surface area contributed by atoms with Crippen LogP contribution in [0.15, 0.2) is 114 Å². The first-order valence-corrected chi connectivity index (χ1v) is 10.8. The molecule has 0 saturated heterocycles. The minimum absolute atomic E-state index is 0.661. The number of pyridine rings is 1. The largest absolute Gasteiger partial charge is 0.255 e. The summed E-state index contributed by atoms with van der Waals surface area (Å²) in [6, 6.07) is 34.6. The van der Waals surface area contributed by atoms with Gasteiger partial charge in [-0.15, -0.1) is 0 Å². The summed E-state index contributed by atoms with van der Waals surface area (Å²) in [7, 11) is 0. The van der Waals surface area contributed by atoms with Crippen LogP contribution in [0.2, 0.25) is 0 Å². The molecule has 0 unspecified atom stereocenters. The smallest absolute Gasteiger partial charge is 0.161 e. The normalized spacial score (nSPS) is 10.7. The second-order valence-electron chi connectivity index (χ2n) is 7.14. The molecule has 0 amide bonds. The fourth-order valence-corrected chi connectivity index (χ4v) is 3.83. The number of rotatable bonds is 4. The molecule has 0 N–H and O–H groups in total. The van der Waals surface area contributed by atoms with E-state index < -0.39 is 0 Å². The van der Waals surface area contributed by atoms with Crippen molar-refractivity contribution in [1.82, 2.24) is 15.0 Å². The number of nitrogens with zero attached hydrogens (tertiary/aromatic N) is 3. The Kier molecular flexibility index (Phi) is 5.38. The lowest BCUT2D eigenvalue weighted by Crippen LogP contribution is -1.96. The molecule has 0 aliphatic rings. The van der Waals surface area contributed by atoms with Crippen LogP contribution in [0, 0.1) is 0 Å². The van der Waals surface area contributed by atoms with Crippen molar-refractivity contribution in [3.63, 3.8) is 0 Å². The minimum Gasteiger partial charge on any atom is -0.255 e. The van der Waals surface area contributed by atoms with Crippen LogP contribution in [0.3, 0.4) is 0 Å². The van der Waals surface area contributed by atoms with Gasteiger partial charge in [-0.3, -0.25) is 4.98 Å². The maximum absolute atomic E-state index is 4.86. The van der Waals surface area contributed by atoms with E-state index in [-0.39, 0.29) is 0 Å². The Morgan fingerprint density at radius 2 is 1.10 bits per heavy atom. The van der Waals surface area contributed by atoms with Gasteiger partial charge in [0, 0.05) is 32.9 Å². The highest BCUT2D eigenvalue weighted by atomic mass is 79.9. The Balaban J connectivity index is 1.59. The van der Waals surface area contributed by atoms with Gasteiger partial charge in [0.05, 0.1) is 17.1 Å². The van der Waals surface area contributed by atoms with Gasteiger partial charge in [0.1, 0.15) is 0 Å². The first-order chi connectivity index (χ1) is 15.3. The maximum atomic E-state index is 4.86. The van der Waals surface area contributed by atoms with Gasteiger partial charge in [0.25, 0.3) is 0 Å². The number of aromatic nitrogens is 3. The van der Waals surface area contributed by atoms with Crippen LogP contribution >= 0.6 is 15.9 Å². The van der Waals surface area contributed by atoms with Gasteiger partial charge in [0.2, 0.25) is 0 Å². The van der Waals surface area contributed by atoms with Gasteiger partial charge in [0.15, 0.2) is 5.82 Å². The fraction of sp³-hybridized carbons (Fsp3) is 0. The predicted molar refractivity (Wildman–Crippen MR) is 129 cm³/mol. The molecule has 2 aromatic heterocycles. The first-order valence-electron chi connectivity index (χ1n) is 9.98. The van der Waals surface area contributed by atoms with E-state index in [1.165, 1.54) is 0 Å². The average molecular weight is 464 g/mol. The highest BCUT2D eigenvalue weighted by Crippen LogP contribution is 2.28. The van der Waals surface area contributed by atoms with Gasteiger partial charge < -0.3 is 0 Å². The summed E-state index contributed by atoms with van der Waals surface area (Å²) in [5.41, 5.74) is 6.75. The Hall–Kier alpha value is -3.63. The van der Waals surface area contributed by atoms with Crippen molar-refractivity contribution in [1.29, 1.82) is 0 Å². The summed E-state index contributed by atoms with van der Waals surface area (Å²) in [5, 5.41) is 0. The third-order valence-electron chi connectivity index (χ3n) is 5.01. The monoisotopic (exact) mass is 463 g/mol. The summed E-state index contributed by atoms with van der Waals surface area (Å²) >= 11 is 3.52. The Morgan fingerprint density at radius 1 is 0.484 bits per heavy atom. The predicted octanol–water partition coefficient (Wildman–Crippen LogP) is 7.30. The summed E-state index contributed by atoms with van der Waals surface area (Å²) in [4.78, 5) is 14.4. The molecule has 0 fully saturated rings. The van der Waals surface area contributed by atoms with E-state index in [2.05, 4.69) is 51.2 Å². The van der Waals surface area contributed by atoms with Crippen molar-refractivity contribution in [3.8, 4) is 45.2 Å². The third-order valence-corrected chi connectivity index (χ3v) is 5.50. The van der Waals surface area contributed by atoms with Crippen LogP contribution in [-0.4, -0.2) is 15.0 Å². The zero-order valence-electron chi connectivity index (χ0n) is 16.6. The van der Waals surface area contributed by atoms with E-state index in [0.717, 1.165) is 43.8 Å². The van der Waals surface area contributed by atoms with Gasteiger partial charge in [-0.2, -0.15) is 0 Å². The van der Waals surface area contributed by atoms with Crippen molar-refractivity contribution in [2.45, 2.75) is 0 Å². The van der Waals surface area contributed by atoms with Crippen LogP contribution < -0.4 is 0 Å². The molecular formula is C27H18BrN3. The SMILES string of the molecule is Brc1cccc(-c2ccc(-c3nc(-c4ccccc4)cc(-c4ccccc4)n3)cn2)c1. The molecule has 0 bridgehead atoms. The summed E-state index contributed by atoms with van der Waals surface area (Å²) in [6.45, 7) is 0. The molecule has 0 saturated carbocycles. The Labute approximate surface area is 189 Å². The highest BCUT2D eigenvalue weighted by Gasteiger charge is 2.11. The molecule has 5 rings (SSSR count). The first kappa shape index (κ1) is 19.3. The molecule has 0 aliphatic heterocycles. The van der Waals surface area contributed by atoms with Gasteiger partial charge in [-0.25, -0.2) is 9.97 Å². The number of benzene rings is 3. The van der Waals surface area contributed by atoms with Gasteiger partial charge >= 0.3 is 0 Å². The lowest BCUT2D eigenvalue weighted by atomic mass is 10.1. The molecule has 5 aromatic rings. The lowest BCUT2D eigenvalue weighted by molar-refractivity contribution is 1.17. The number of halogens is 1. The quantitative estimate of drug-likeness (QED) is 0.280. The van der Waals surface area contributed by atoms with Crippen LogP contribution in [0.1, 0.15) is 0 Å². The van der Waals surface area contributed by atoms with Gasteiger partial charge in [-0.05, 0) is 30.3 Å². The van der Waals surface area contributed by atoms with E-state index in [1.807, 2.05) is 79.0 Å². The van der Waals surface area contributed by atoms with Crippen LogP contribution in [0.4, 0.5) is 0 Å². The van der Waals surface area contributed by atoms with Crippen molar-refractivity contribution < 1.29 is 0 Å². The van der Waals surface area contributed by atoms with E-state index in [4.69, 9.17) is 9.97 Å². The summed E-state index contributed by atoms with van der Waals surface area (Å²) in [5.74, 6) is 0.661.